The first-order valence-corrected chi connectivity index (χ1v) is 10.2. The average molecular weight is 385 g/mol. The average Bonchev–Trinajstić information content (AvgIpc) is 2.61. The smallest absolute Gasteiger partial charge is 0.226 e. The van der Waals surface area contributed by atoms with Crippen LogP contribution < -0.4 is 9.47 Å². The number of aliphatic hydroxyl groups excluding tert-OH is 1. The van der Waals surface area contributed by atoms with Crippen LogP contribution in [0.5, 0.6) is 11.5 Å². The molecule has 152 valence electrons. The molecule has 0 saturated carbocycles. The Kier molecular flexibility index (Phi) is 5.11. The summed E-state index contributed by atoms with van der Waals surface area (Å²) in [6.07, 6.45) is 1.58. The molecule has 0 fully saturated rings. The zero-order valence-electron chi connectivity index (χ0n) is 18.3. The van der Waals surface area contributed by atoms with Gasteiger partial charge in [-0.1, -0.05) is 33.8 Å². The van der Waals surface area contributed by atoms with Crippen molar-refractivity contribution in [3.05, 3.63) is 45.4 Å². The van der Waals surface area contributed by atoms with Crippen LogP contribution in [0.1, 0.15) is 64.7 Å². The molecule has 4 nitrogen and oxygen atoms in total. The summed E-state index contributed by atoms with van der Waals surface area (Å²) in [5.41, 5.74) is 3.31. The number of Topliss-reactive ketones (excluding diaryl/α,β-unsaturated/α-hetero) is 1. The van der Waals surface area contributed by atoms with E-state index in [4.69, 9.17) is 9.47 Å². The van der Waals surface area contributed by atoms with Crippen LogP contribution in [-0.4, -0.2) is 16.5 Å². The molecule has 1 heterocycles. The van der Waals surface area contributed by atoms with Gasteiger partial charge < -0.3 is 14.6 Å². The molecule has 1 atom stereocenters. The second-order valence-corrected chi connectivity index (χ2v) is 9.12. The first kappa shape index (κ1) is 20.5. The highest BCUT2D eigenvalue weighted by Gasteiger charge is 2.52. The molecule has 1 aliphatic heterocycles. The van der Waals surface area contributed by atoms with E-state index in [2.05, 4.69) is 40.7 Å². The Morgan fingerprint density at radius 3 is 2.25 bits per heavy atom. The molecule has 0 radical (unpaired) electrons. The number of benzene rings is 1. The van der Waals surface area contributed by atoms with Gasteiger partial charge in [0.05, 0.1) is 0 Å². The van der Waals surface area contributed by atoms with Crippen LogP contribution in [0.4, 0.5) is 0 Å². The Labute approximate surface area is 168 Å². The molecular formula is C24H32O4. The number of fused-ring (bicyclic) bond motifs is 2. The summed E-state index contributed by atoms with van der Waals surface area (Å²) in [5.74, 6) is 2.14. The second kappa shape index (κ2) is 6.98. The predicted octanol–water partition coefficient (Wildman–Crippen LogP) is 5.75. The van der Waals surface area contributed by atoms with E-state index in [9.17, 15) is 9.90 Å². The van der Waals surface area contributed by atoms with Crippen LogP contribution in [-0.2, 0) is 11.2 Å². The minimum absolute atomic E-state index is 0.221. The Hall–Kier alpha value is -2.23. The number of rotatable bonds is 4. The van der Waals surface area contributed by atoms with Crippen LogP contribution in [0.15, 0.2) is 28.7 Å². The highest BCUT2D eigenvalue weighted by atomic mass is 16.6. The summed E-state index contributed by atoms with van der Waals surface area (Å²) in [4.78, 5) is 12.6. The highest BCUT2D eigenvalue weighted by molar-refractivity contribution is 6.08. The van der Waals surface area contributed by atoms with Crippen LogP contribution in [0.3, 0.4) is 0 Å². The van der Waals surface area contributed by atoms with Gasteiger partial charge in [0.2, 0.25) is 5.78 Å². The molecule has 1 aliphatic carbocycles. The number of carbonyl (C=O) groups excluding carboxylic acids is 1. The second-order valence-electron chi connectivity index (χ2n) is 9.12. The molecule has 0 amide bonds. The Morgan fingerprint density at radius 2 is 1.68 bits per heavy atom. The maximum Gasteiger partial charge on any atom is 0.226 e. The van der Waals surface area contributed by atoms with Crippen molar-refractivity contribution in [1.29, 1.82) is 0 Å². The fraction of sp³-hybridized carbons (Fsp3) is 0.542. The molecule has 0 bridgehead atoms. The molecule has 4 heteroatoms. The largest absolute Gasteiger partial charge is 0.504 e. The minimum Gasteiger partial charge on any atom is -0.504 e. The lowest BCUT2D eigenvalue weighted by atomic mass is 9.76. The van der Waals surface area contributed by atoms with Gasteiger partial charge in [0, 0.05) is 17.6 Å². The summed E-state index contributed by atoms with van der Waals surface area (Å²) < 4.78 is 13.1. The number of aryl methyl sites for hydroxylation is 1. The Balaban J connectivity index is 2.27. The van der Waals surface area contributed by atoms with E-state index in [0.717, 1.165) is 23.3 Å². The van der Waals surface area contributed by atoms with Gasteiger partial charge in [0.25, 0.3) is 0 Å². The SMILES string of the molecule is CC1=C2Oc3c(C)cc(CC(C)C)c(C)c3OC2(CC(C)C)C(C)=C(O)C1=O. The van der Waals surface area contributed by atoms with Crippen LogP contribution in [0, 0.1) is 25.7 Å². The number of ketones is 1. The van der Waals surface area contributed by atoms with Gasteiger partial charge in [-0.25, -0.2) is 0 Å². The molecule has 2 aliphatic rings. The topological polar surface area (TPSA) is 55.8 Å². The molecule has 1 aromatic carbocycles. The van der Waals surface area contributed by atoms with Gasteiger partial charge >= 0.3 is 0 Å². The van der Waals surface area contributed by atoms with Crippen molar-refractivity contribution in [2.24, 2.45) is 11.8 Å². The monoisotopic (exact) mass is 384 g/mol. The standard InChI is InChI=1S/C24H32O4/c1-12(2)9-18-10-14(5)21-22(15(18)6)28-24(11-13(3)4)17(8)20(26)19(25)16(7)23(24)27-21/h10,12-13,26H,9,11H2,1-8H3. The number of allylic oxidation sites excluding steroid dienone is 1. The number of carbonyl (C=O) groups is 1. The van der Waals surface area contributed by atoms with E-state index in [1.165, 1.54) is 5.56 Å². The van der Waals surface area contributed by atoms with E-state index >= 15 is 0 Å². The molecule has 0 aromatic heterocycles. The van der Waals surface area contributed by atoms with Crippen molar-refractivity contribution in [2.75, 3.05) is 0 Å². The summed E-state index contributed by atoms with van der Waals surface area (Å²) in [6, 6.07) is 2.16. The fourth-order valence-corrected chi connectivity index (χ4v) is 4.37. The molecule has 0 saturated heterocycles. The first-order chi connectivity index (χ1) is 13.0. The lowest BCUT2D eigenvalue weighted by Gasteiger charge is -2.45. The van der Waals surface area contributed by atoms with E-state index in [1.54, 1.807) is 13.8 Å². The Morgan fingerprint density at radius 1 is 1.04 bits per heavy atom. The molecule has 1 N–H and O–H groups in total. The van der Waals surface area contributed by atoms with E-state index < -0.39 is 5.60 Å². The van der Waals surface area contributed by atoms with Gasteiger partial charge in [0.15, 0.2) is 28.6 Å². The third-order valence-electron chi connectivity index (χ3n) is 5.81. The van der Waals surface area contributed by atoms with Crippen molar-refractivity contribution >= 4 is 5.78 Å². The number of hydrogen-bond donors (Lipinski definition) is 1. The number of hydrogen-bond acceptors (Lipinski definition) is 4. The van der Waals surface area contributed by atoms with E-state index in [1.807, 2.05) is 6.92 Å². The van der Waals surface area contributed by atoms with Gasteiger partial charge in [-0.15, -0.1) is 0 Å². The maximum atomic E-state index is 12.6. The lowest BCUT2D eigenvalue weighted by Crippen LogP contribution is -2.49. The normalized spacial score (nSPS) is 21.7. The molecule has 3 rings (SSSR count). The third kappa shape index (κ3) is 3.03. The molecule has 1 unspecified atom stereocenters. The van der Waals surface area contributed by atoms with Crippen LogP contribution in [0.2, 0.25) is 0 Å². The quantitative estimate of drug-likeness (QED) is 0.718. The summed E-state index contributed by atoms with van der Waals surface area (Å²) in [7, 11) is 0. The number of aliphatic hydroxyl groups is 1. The summed E-state index contributed by atoms with van der Waals surface area (Å²) in [5, 5.41) is 10.5. The van der Waals surface area contributed by atoms with E-state index in [0.29, 0.717) is 35.0 Å². The van der Waals surface area contributed by atoms with Crippen molar-refractivity contribution in [3.8, 4) is 11.5 Å². The lowest BCUT2D eigenvalue weighted by molar-refractivity contribution is -0.116. The van der Waals surface area contributed by atoms with Gasteiger partial charge in [-0.2, -0.15) is 0 Å². The van der Waals surface area contributed by atoms with Crippen LogP contribution >= 0.6 is 0 Å². The predicted molar refractivity (Wildman–Crippen MR) is 111 cm³/mol. The van der Waals surface area contributed by atoms with Gasteiger partial charge in [-0.05, 0) is 62.6 Å². The minimum atomic E-state index is -0.948. The molecular weight excluding hydrogens is 352 g/mol. The zero-order valence-corrected chi connectivity index (χ0v) is 18.3. The first-order valence-electron chi connectivity index (χ1n) is 10.2. The van der Waals surface area contributed by atoms with Crippen molar-refractivity contribution < 1.29 is 19.4 Å². The molecule has 0 spiro atoms. The third-order valence-corrected chi connectivity index (χ3v) is 5.81. The molecule has 28 heavy (non-hydrogen) atoms. The highest BCUT2D eigenvalue weighted by Crippen LogP contribution is 2.52. The number of ether oxygens (including phenoxy) is 2. The van der Waals surface area contributed by atoms with Crippen molar-refractivity contribution in [2.45, 2.75) is 73.8 Å². The van der Waals surface area contributed by atoms with Gasteiger partial charge in [0.1, 0.15) is 0 Å². The summed E-state index contributed by atoms with van der Waals surface area (Å²) >= 11 is 0. The van der Waals surface area contributed by atoms with Crippen LogP contribution in [0.25, 0.3) is 0 Å². The van der Waals surface area contributed by atoms with Gasteiger partial charge in [-0.3, -0.25) is 4.79 Å². The van der Waals surface area contributed by atoms with E-state index in [-0.39, 0.29) is 17.5 Å². The fourth-order valence-electron chi connectivity index (χ4n) is 4.37. The molecule has 1 aromatic rings. The van der Waals surface area contributed by atoms with Crippen molar-refractivity contribution in [1.82, 2.24) is 0 Å². The summed E-state index contributed by atoms with van der Waals surface area (Å²) in [6.45, 7) is 16.2. The zero-order chi connectivity index (χ0) is 21.0. The Bertz CT molecular complexity index is 902. The van der Waals surface area contributed by atoms with Crippen molar-refractivity contribution in [3.63, 3.8) is 0 Å². The maximum absolute atomic E-state index is 12.6.